The second kappa shape index (κ2) is 8.30. The second-order valence-electron chi connectivity index (χ2n) is 8.25. The maximum absolute atomic E-state index is 12.2. The van der Waals surface area contributed by atoms with Crippen molar-refractivity contribution in [2.45, 2.75) is 32.1 Å². The summed E-state index contributed by atoms with van der Waals surface area (Å²) in [6.07, 6.45) is 7.83. The van der Waals surface area contributed by atoms with Crippen LogP contribution in [0.4, 0.5) is 10.5 Å². The first-order valence-corrected chi connectivity index (χ1v) is 10.8. The zero-order chi connectivity index (χ0) is 21.2. The summed E-state index contributed by atoms with van der Waals surface area (Å²) in [4.78, 5) is 24.1. The van der Waals surface area contributed by atoms with Crippen LogP contribution in [0.15, 0.2) is 53.1 Å². The SMILES string of the molecule is O=C(CC1CC1)NCCc1c(Cc2ccccc2)oc2ccc3c(c12)C=CNC(=O)N3. The van der Waals surface area contributed by atoms with Crippen LogP contribution in [0.1, 0.15) is 41.7 Å². The fraction of sp³-hybridized carbons (Fsp3) is 0.280. The topological polar surface area (TPSA) is 83.4 Å². The minimum absolute atomic E-state index is 0.120. The lowest BCUT2D eigenvalue weighted by atomic mass is 9.98. The van der Waals surface area contributed by atoms with Crippen LogP contribution in [-0.4, -0.2) is 18.5 Å². The Morgan fingerprint density at radius 1 is 1.13 bits per heavy atom. The van der Waals surface area contributed by atoms with Gasteiger partial charge in [0.1, 0.15) is 11.3 Å². The fourth-order valence-electron chi connectivity index (χ4n) is 4.14. The van der Waals surface area contributed by atoms with Crippen LogP contribution in [-0.2, 0) is 17.6 Å². The molecule has 1 fully saturated rings. The molecule has 1 saturated carbocycles. The summed E-state index contributed by atoms with van der Waals surface area (Å²) < 4.78 is 6.29. The zero-order valence-electron chi connectivity index (χ0n) is 17.2. The molecule has 0 saturated heterocycles. The molecule has 6 heteroatoms. The summed E-state index contributed by atoms with van der Waals surface area (Å²) in [5, 5.41) is 9.62. The van der Waals surface area contributed by atoms with Crippen molar-refractivity contribution in [3.63, 3.8) is 0 Å². The highest BCUT2D eigenvalue weighted by molar-refractivity contribution is 6.02. The minimum Gasteiger partial charge on any atom is -0.460 e. The number of urea groups is 1. The van der Waals surface area contributed by atoms with Gasteiger partial charge < -0.3 is 20.4 Å². The molecule has 3 N–H and O–H groups in total. The largest absolute Gasteiger partial charge is 0.460 e. The van der Waals surface area contributed by atoms with E-state index in [1.165, 1.54) is 12.8 Å². The van der Waals surface area contributed by atoms with Gasteiger partial charge in [-0.2, -0.15) is 0 Å². The predicted molar refractivity (Wildman–Crippen MR) is 121 cm³/mol. The van der Waals surface area contributed by atoms with Crippen LogP contribution >= 0.6 is 0 Å². The molecule has 6 nitrogen and oxygen atoms in total. The van der Waals surface area contributed by atoms with Crippen LogP contribution in [0.5, 0.6) is 0 Å². The normalized spacial score (nSPS) is 15.2. The second-order valence-corrected chi connectivity index (χ2v) is 8.25. The van der Waals surface area contributed by atoms with Gasteiger partial charge >= 0.3 is 6.03 Å². The van der Waals surface area contributed by atoms with Crippen LogP contribution in [0, 0.1) is 5.92 Å². The van der Waals surface area contributed by atoms with Gasteiger partial charge in [-0.3, -0.25) is 4.79 Å². The molecule has 0 radical (unpaired) electrons. The zero-order valence-corrected chi connectivity index (χ0v) is 17.2. The molecule has 1 aliphatic heterocycles. The van der Waals surface area contributed by atoms with Gasteiger partial charge in [0.05, 0.1) is 5.69 Å². The van der Waals surface area contributed by atoms with E-state index in [2.05, 4.69) is 28.1 Å². The first-order chi connectivity index (χ1) is 15.2. The summed E-state index contributed by atoms with van der Waals surface area (Å²) in [7, 11) is 0. The minimum atomic E-state index is -0.267. The van der Waals surface area contributed by atoms with Crippen molar-refractivity contribution in [1.29, 1.82) is 0 Å². The quantitative estimate of drug-likeness (QED) is 0.528. The number of carbonyl (C=O) groups excluding carboxylic acids is 2. The molecule has 3 amide bonds. The molecular weight excluding hydrogens is 390 g/mol. The monoisotopic (exact) mass is 415 g/mol. The molecular formula is C25H25N3O3. The molecule has 2 aliphatic rings. The predicted octanol–water partition coefficient (Wildman–Crippen LogP) is 4.59. The Morgan fingerprint density at radius 2 is 1.97 bits per heavy atom. The van der Waals surface area contributed by atoms with E-state index in [-0.39, 0.29) is 11.9 Å². The molecule has 31 heavy (non-hydrogen) atoms. The van der Waals surface area contributed by atoms with E-state index in [1.54, 1.807) is 6.20 Å². The Kier molecular flexibility index (Phi) is 5.20. The number of carbonyl (C=O) groups is 2. The molecule has 5 rings (SSSR count). The van der Waals surface area contributed by atoms with Crippen LogP contribution < -0.4 is 16.0 Å². The Balaban J connectivity index is 1.49. The third-order valence-corrected chi connectivity index (χ3v) is 5.87. The van der Waals surface area contributed by atoms with Crippen molar-refractivity contribution in [3.8, 4) is 0 Å². The molecule has 0 unspecified atom stereocenters. The van der Waals surface area contributed by atoms with E-state index in [0.717, 1.165) is 39.1 Å². The van der Waals surface area contributed by atoms with Crippen molar-refractivity contribution in [1.82, 2.24) is 10.6 Å². The van der Waals surface area contributed by atoms with E-state index in [1.807, 2.05) is 36.4 Å². The molecule has 158 valence electrons. The average molecular weight is 415 g/mol. The molecule has 0 spiro atoms. The Morgan fingerprint density at radius 3 is 2.77 bits per heavy atom. The lowest BCUT2D eigenvalue weighted by molar-refractivity contribution is -0.121. The summed E-state index contributed by atoms with van der Waals surface area (Å²) in [5.41, 5.74) is 4.67. The van der Waals surface area contributed by atoms with Crippen LogP contribution in [0.2, 0.25) is 0 Å². The summed E-state index contributed by atoms with van der Waals surface area (Å²) in [5.74, 6) is 1.58. The van der Waals surface area contributed by atoms with Gasteiger partial charge in [-0.1, -0.05) is 30.3 Å². The highest BCUT2D eigenvalue weighted by Gasteiger charge is 2.25. The van der Waals surface area contributed by atoms with Crippen molar-refractivity contribution in [2.24, 2.45) is 5.92 Å². The van der Waals surface area contributed by atoms with E-state index < -0.39 is 0 Å². The highest BCUT2D eigenvalue weighted by Crippen LogP contribution is 2.36. The number of furan rings is 1. The Labute approximate surface area is 180 Å². The third kappa shape index (κ3) is 4.33. The highest BCUT2D eigenvalue weighted by atomic mass is 16.3. The summed E-state index contributed by atoms with van der Waals surface area (Å²) in [6.45, 7) is 0.556. The molecule has 2 heterocycles. The lowest BCUT2D eigenvalue weighted by Crippen LogP contribution is -2.26. The van der Waals surface area contributed by atoms with E-state index in [9.17, 15) is 9.59 Å². The number of fused-ring (bicyclic) bond motifs is 3. The third-order valence-electron chi connectivity index (χ3n) is 5.87. The van der Waals surface area contributed by atoms with E-state index in [0.29, 0.717) is 31.7 Å². The van der Waals surface area contributed by atoms with E-state index >= 15 is 0 Å². The van der Waals surface area contributed by atoms with Crippen LogP contribution in [0.3, 0.4) is 0 Å². The Hall–Kier alpha value is -3.54. The van der Waals surface area contributed by atoms with Gasteiger partial charge in [-0.15, -0.1) is 0 Å². The van der Waals surface area contributed by atoms with Gasteiger partial charge in [0.25, 0.3) is 0 Å². The maximum Gasteiger partial charge on any atom is 0.323 e. The number of anilines is 1. The number of hydrogen-bond donors (Lipinski definition) is 3. The Bertz CT molecular complexity index is 1160. The van der Waals surface area contributed by atoms with Gasteiger partial charge in [0.2, 0.25) is 5.91 Å². The van der Waals surface area contributed by atoms with Crippen molar-refractivity contribution < 1.29 is 14.0 Å². The maximum atomic E-state index is 12.2. The van der Waals surface area contributed by atoms with Gasteiger partial charge in [-0.05, 0) is 49.0 Å². The summed E-state index contributed by atoms with van der Waals surface area (Å²) in [6, 6.07) is 13.7. The average Bonchev–Trinajstić information content (AvgIpc) is 3.53. The van der Waals surface area contributed by atoms with Crippen molar-refractivity contribution in [3.05, 3.63) is 71.1 Å². The first kappa shape index (κ1) is 19.4. The number of amides is 3. The molecule has 0 atom stereocenters. The van der Waals surface area contributed by atoms with Gasteiger partial charge in [0, 0.05) is 42.1 Å². The molecule has 0 bridgehead atoms. The van der Waals surface area contributed by atoms with Crippen LogP contribution in [0.25, 0.3) is 17.0 Å². The number of rotatable bonds is 7. The molecule has 3 aromatic rings. The molecule has 1 aliphatic carbocycles. The first-order valence-electron chi connectivity index (χ1n) is 10.8. The van der Waals surface area contributed by atoms with E-state index in [4.69, 9.17) is 4.42 Å². The van der Waals surface area contributed by atoms with Crippen molar-refractivity contribution in [2.75, 3.05) is 11.9 Å². The van der Waals surface area contributed by atoms with Gasteiger partial charge in [-0.25, -0.2) is 4.79 Å². The smallest absolute Gasteiger partial charge is 0.323 e. The number of hydrogen-bond acceptors (Lipinski definition) is 3. The number of benzene rings is 2. The molecule has 2 aromatic carbocycles. The summed E-state index contributed by atoms with van der Waals surface area (Å²) >= 11 is 0. The standard InChI is InChI=1S/C25H25N3O3/c29-23(15-17-6-7-17)26-12-11-19-22(14-16-4-2-1-3-5-16)31-21-9-8-20-18(24(19)21)10-13-27-25(30)28-20/h1-5,8-10,13,17H,6-7,11-12,14-15H2,(H,26,29)(H2,27,28,30). The fourth-order valence-corrected chi connectivity index (χ4v) is 4.14. The lowest BCUT2D eigenvalue weighted by Gasteiger charge is -2.09. The molecule has 1 aromatic heterocycles. The number of nitrogens with one attached hydrogen (secondary N) is 3. The van der Waals surface area contributed by atoms with Crippen molar-refractivity contribution >= 4 is 34.7 Å². The van der Waals surface area contributed by atoms with Gasteiger partial charge in [0.15, 0.2) is 0 Å².